The van der Waals surface area contributed by atoms with Crippen molar-refractivity contribution in [3.8, 4) is 5.75 Å². The molecule has 0 unspecified atom stereocenters. The highest BCUT2D eigenvalue weighted by Crippen LogP contribution is 2.50. The molecule has 0 radical (unpaired) electrons. The number of benzene rings is 3. The number of nitrogens with zero attached hydrogens (tertiary/aromatic N) is 3. The van der Waals surface area contributed by atoms with Crippen molar-refractivity contribution in [2.45, 2.75) is 12.1 Å². The topological polar surface area (TPSA) is 52.0 Å². The summed E-state index contributed by atoms with van der Waals surface area (Å²) < 4.78 is 22.0. The van der Waals surface area contributed by atoms with Crippen LogP contribution in [0.3, 0.4) is 0 Å². The van der Waals surface area contributed by atoms with Gasteiger partial charge in [0.05, 0.1) is 5.70 Å². The number of para-hydroxylation sites is 1. The number of fused-ring (bicyclic) bond motifs is 3. The van der Waals surface area contributed by atoms with Crippen molar-refractivity contribution in [1.82, 2.24) is 14.8 Å². The fourth-order valence-electron chi connectivity index (χ4n) is 4.30. The van der Waals surface area contributed by atoms with Crippen molar-refractivity contribution >= 4 is 23.2 Å². The number of nitrogens with one attached hydrogen (secondary N) is 1. The summed E-state index contributed by atoms with van der Waals surface area (Å²) in [5.41, 5.74) is 4.71. The van der Waals surface area contributed by atoms with Gasteiger partial charge in [0.2, 0.25) is 5.95 Å². The first kappa shape index (κ1) is 18.2. The van der Waals surface area contributed by atoms with Gasteiger partial charge in [-0.25, -0.2) is 9.07 Å². The zero-order valence-electron chi connectivity index (χ0n) is 16.2. The number of anilines is 1. The third kappa shape index (κ3) is 2.91. The lowest BCUT2D eigenvalue weighted by atomic mass is 9.84. The van der Waals surface area contributed by atoms with E-state index in [4.69, 9.17) is 16.3 Å². The molecule has 6 rings (SSSR count). The van der Waals surface area contributed by atoms with Gasteiger partial charge in [-0.05, 0) is 47.5 Å². The van der Waals surface area contributed by atoms with E-state index < -0.39 is 6.10 Å². The van der Waals surface area contributed by atoms with Crippen LogP contribution in [0.25, 0.3) is 5.70 Å². The van der Waals surface area contributed by atoms with Gasteiger partial charge in [-0.2, -0.15) is 10.1 Å². The molecule has 1 aromatic heterocycles. The third-order valence-electron chi connectivity index (χ3n) is 5.68. The van der Waals surface area contributed by atoms with Gasteiger partial charge in [0.25, 0.3) is 0 Å². The number of rotatable bonds is 2. The Bertz CT molecular complexity index is 1310. The summed E-state index contributed by atoms with van der Waals surface area (Å²) >= 11 is 6.15. The molecular formula is C24H16ClFN4O. The molecule has 2 aliphatic rings. The van der Waals surface area contributed by atoms with Crippen LogP contribution in [0.5, 0.6) is 5.75 Å². The molecule has 4 aromatic rings. The Morgan fingerprint density at radius 2 is 1.68 bits per heavy atom. The Kier molecular flexibility index (Phi) is 4.07. The first-order valence-corrected chi connectivity index (χ1v) is 10.2. The second-order valence-electron chi connectivity index (χ2n) is 7.48. The van der Waals surface area contributed by atoms with Crippen molar-refractivity contribution in [1.29, 1.82) is 0 Å². The number of aromatic nitrogens is 3. The molecule has 0 saturated carbocycles. The van der Waals surface area contributed by atoms with E-state index in [1.807, 2.05) is 53.2 Å². The van der Waals surface area contributed by atoms with Gasteiger partial charge < -0.3 is 10.1 Å². The van der Waals surface area contributed by atoms with Crippen LogP contribution >= 0.6 is 11.6 Å². The van der Waals surface area contributed by atoms with E-state index in [-0.39, 0.29) is 11.9 Å². The van der Waals surface area contributed by atoms with Gasteiger partial charge in [-0.15, -0.1) is 0 Å². The lowest BCUT2D eigenvalue weighted by Crippen LogP contribution is -2.32. The molecule has 2 atom stereocenters. The van der Waals surface area contributed by atoms with Crippen LogP contribution in [-0.4, -0.2) is 14.8 Å². The van der Waals surface area contributed by atoms with Crippen molar-refractivity contribution < 1.29 is 9.13 Å². The van der Waals surface area contributed by atoms with Crippen molar-refractivity contribution in [2.75, 3.05) is 5.32 Å². The van der Waals surface area contributed by atoms with Crippen molar-refractivity contribution in [3.05, 3.63) is 112 Å². The lowest BCUT2D eigenvalue weighted by molar-refractivity contribution is 0.223. The summed E-state index contributed by atoms with van der Waals surface area (Å²) in [5.74, 6) is 1.11. The second-order valence-corrected chi connectivity index (χ2v) is 7.92. The molecule has 152 valence electrons. The molecule has 0 aliphatic carbocycles. The summed E-state index contributed by atoms with van der Waals surface area (Å²) in [5, 5.41) is 8.59. The molecule has 3 aromatic carbocycles. The molecule has 1 N–H and O–H groups in total. The fraction of sp³-hybridized carbons (Fsp3) is 0.0833. The SMILES string of the molecule is Fc1ccc([C@H]2Oc3ccccc3C3=C2[C@H](c2ccc(Cl)cc2)n2ncnc2N3)cc1. The second kappa shape index (κ2) is 6.96. The Hall–Kier alpha value is -3.64. The van der Waals surface area contributed by atoms with Gasteiger partial charge in [0, 0.05) is 16.2 Å². The van der Waals surface area contributed by atoms with E-state index in [1.54, 1.807) is 12.1 Å². The lowest BCUT2D eigenvalue weighted by Gasteiger charge is -2.39. The molecule has 0 saturated heterocycles. The standard InChI is InChI=1S/C24H16ClFN4O/c25-16-9-5-14(6-10-16)22-20-21(29-24-27-13-28-30(22)24)18-3-1-2-4-19(18)31-23(20)15-7-11-17(26)12-8-15/h1-13,22-23H,(H,27,28,29)/t22-,23+/m0/s1. The molecule has 0 spiro atoms. The number of halogens is 2. The normalized spacial score (nSPS) is 19.0. The highest BCUT2D eigenvalue weighted by molar-refractivity contribution is 6.30. The summed E-state index contributed by atoms with van der Waals surface area (Å²) in [4.78, 5) is 4.41. The fourth-order valence-corrected chi connectivity index (χ4v) is 4.42. The zero-order chi connectivity index (χ0) is 20.9. The molecule has 0 bridgehead atoms. The van der Waals surface area contributed by atoms with Crippen molar-refractivity contribution in [3.63, 3.8) is 0 Å². The Labute approximate surface area is 182 Å². The maximum absolute atomic E-state index is 13.7. The van der Waals surface area contributed by atoms with Crippen LogP contribution in [0.4, 0.5) is 10.3 Å². The van der Waals surface area contributed by atoms with Crippen LogP contribution in [-0.2, 0) is 0 Å². The average Bonchev–Trinajstić information content (AvgIpc) is 3.27. The number of hydrogen-bond donors (Lipinski definition) is 1. The molecule has 3 heterocycles. The first-order chi connectivity index (χ1) is 15.2. The number of hydrogen-bond acceptors (Lipinski definition) is 4. The quantitative estimate of drug-likeness (QED) is 0.447. The molecule has 0 fully saturated rings. The van der Waals surface area contributed by atoms with E-state index in [0.717, 1.165) is 33.7 Å². The predicted octanol–water partition coefficient (Wildman–Crippen LogP) is 5.63. The maximum Gasteiger partial charge on any atom is 0.226 e. The van der Waals surface area contributed by atoms with Gasteiger partial charge in [-0.3, -0.25) is 0 Å². The van der Waals surface area contributed by atoms with E-state index in [1.165, 1.54) is 18.5 Å². The van der Waals surface area contributed by atoms with Gasteiger partial charge >= 0.3 is 0 Å². The minimum Gasteiger partial charge on any atom is -0.480 e. The van der Waals surface area contributed by atoms with Crippen molar-refractivity contribution in [2.24, 2.45) is 0 Å². The predicted molar refractivity (Wildman–Crippen MR) is 116 cm³/mol. The highest BCUT2D eigenvalue weighted by atomic mass is 35.5. The summed E-state index contributed by atoms with van der Waals surface area (Å²) in [6.07, 6.45) is 1.10. The highest BCUT2D eigenvalue weighted by Gasteiger charge is 2.40. The monoisotopic (exact) mass is 430 g/mol. The molecule has 7 heteroatoms. The molecular weight excluding hydrogens is 415 g/mol. The number of ether oxygens (including phenoxy) is 1. The van der Waals surface area contributed by atoms with E-state index in [0.29, 0.717) is 11.0 Å². The Morgan fingerprint density at radius 1 is 0.935 bits per heavy atom. The van der Waals surface area contributed by atoms with Crippen LogP contribution in [0, 0.1) is 5.82 Å². The van der Waals surface area contributed by atoms with Crippen LogP contribution < -0.4 is 10.1 Å². The van der Waals surface area contributed by atoms with Gasteiger partial charge in [0.1, 0.15) is 30.0 Å². The van der Waals surface area contributed by atoms with E-state index >= 15 is 0 Å². The minimum atomic E-state index is -0.434. The smallest absolute Gasteiger partial charge is 0.226 e. The summed E-state index contributed by atoms with van der Waals surface area (Å²) in [6.45, 7) is 0. The van der Waals surface area contributed by atoms with Crippen LogP contribution in [0.15, 0.2) is 84.7 Å². The van der Waals surface area contributed by atoms with Gasteiger partial charge in [-0.1, -0.05) is 48.0 Å². The molecule has 2 aliphatic heterocycles. The summed E-state index contributed by atoms with van der Waals surface area (Å²) in [7, 11) is 0. The molecule has 0 amide bonds. The third-order valence-corrected chi connectivity index (χ3v) is 5.93. The Balaban J connectivity index is 1.62. The van der Waals surface area contributed by atoms with Crippen LogP contribution in [0.1, 0.15) is 28.8 Å². The van der Waals surface area contributed by atoms with Gasteiger partial charge in [0.15, 0.2) is 0 Å². The maximum atomic E-state index is 13.7. The largest absolute Gasteiger partial charge is 0.480 e. The minimum absolute atomic E-state index is 0.269. The van der Waals surface area contributed by atoms with Crippen LogP contribution in [0.2, 0.25) is 5.02 Å². The molecule has 5 nitrogen and oxygen atoms in total. The molecule has 31 heavy (non-hydrogen) atoms. The zero-order valence-corrected chi connectivity index (χ0v) is 16.9. The first-order valence-electron chi connectivity index (χ1n) is 9.86. The average molecular weight is 431 g/mol. The van der Waals surface area contributed by atoms with E-state index in [9.17, 15) is 4.39 Å². The van der Waals surface area contributed by atoms with E-state index in [2.05, 4.69) is 15.4 Å². The summed E-state index contributed by atoms with van der Waals surface area (Å²) in [6, 6.07) is 21.7. The Morgan fingerprint density at radius 3 is 2.48 bits per heavy atom.